The lowest BCUT2D eigenvalue weighted by molar-refractivity contribution is 0.102. The van der Waals surface area contributed by atoms with Crippen LogP contribution in [0.2, 0.25) is 0 Å². The van der Waals surface area contributed by atoms with Crippen molar-refractivity contribution in [3.05, 3.63) is 64.0 Å². The minimum atomic E-state index is -0.390. The third-order valence-corrected chi connectivity index (χ3v) is 5.38. The molecule has 0 spiro atoms. The van der Waals surface area contributed by atoms with Gasteiger partial charge in [-0.2, -0.15) is 0 Å². The van der Waals surface area contributed by atoms with Crippen molar-refractivity contribution in [1.29, 1.82) is 0 Å². The highest BCUT2D eigenvalue weighted by molar-refractivity contribution is 7.17. The minimum Gasteiger partial charge on any atom is -0.408 e. The van der Waals surface area contributed by atoms with Crippen LogP contribution in [-0.2, 0) is 6.54 Å². The molecule has 0 unspecified atom stereocenters. The number of rotatable bonds is 5. The van der Waals surface area contributed by atoms with Crippen molar-refractivity contribution in [2.24, 2.45) is 0 Å². The van der Waals surface area contributed by atoms with Crippen molar-refractivity contribution in [1.82, 2.24) is 9.47 Å². The van der Waals surface area contributed by atoms with Gasteiger partial charge in [-0.3, -0.25) is 9.36 Å². The first-order chi connectivity index (χ1) is 13.0. The average Bonchev–Trinajstić information content (AvgIpc) is 3.23. The summed E-state index contributed by atoms with van der Waals surface area (Å²) in [7, 11) is 3.90. The Morgan fingerprint density at radius 2 is 2.07 bits per heavy atom. The van der Waals surface area contributed by atoms with E-state index >= 15 is 0 Å². The lowest BCUT2D eigenvalue weighted by atomic mass is 10.1. The number of hydrogen-bond donors (Lipinski definition) is 1. The van der Waals surface area contributed by atoms with Crippen molar-refractivity contribution in [3.8, 4) is 0 Å². The number of likely N-dealkylation sites (N-methyl/N-ethyl adjacent to an activating group) is 1. The Morgan fingerprint density at radius 3 is 2.89 bits per heavy atom. The predicted molar refractivity (Wildman–Crippen MR) is 109 cm³/mol. The molecule has 0 bridgehead atoms. The Morgan fingerprint density at radius 1 is 1.22 bits per heavy atom. The van der Waals surface area contributed by atoms with E-state index in [2.05, 4.69) is 5.32 Å². The first-order valence-corrected chi connectivity index (χ1v) is 9.46. The number of fused-ring (bicyclic) bond motifs is 2. The van der Waals surface area contributed by atoms with Crippen LogP contribution < -0.4 is 11.1 Å². The number of nitrogens with one attached hydrogen (secondary N) is 1. The van der Waals surface area contributed by atoms with E-state index in [0.717, 1.165) is 10.1 Å². The zero-order valence-corrected chi connectivity index (χ0v) is 15.9. The molecule has 0 radical (unpaired) electrons. The van der Waals surface area contributed by atoms with Crippen LogP contribution in [0.3, 0.4) is 0 Å². The largest absolute Gasteiger partial charge is 0.419 e. The van der Waals surface area contributed by atoms with E-state index in [0.29, 0.717) is 35.4 Å². The van der Waals surface area contributed by atoms with E-state index in [-0.39, 0.29) is 5.91 Å². The molecule has 138 valence electrons. The summed E-state index contributed by atoms with van der Waals surface area (Å²) in [4.78, 5) is 26.9. The molecule has 2 aromatic carbocycles. The summed E-state index contributed by atoms with van der Waals surface area (Å²) in [6, 6.07) is 12.9. The van der Waals surface area contributed by atoms with Crippen LogP contribution in [-0.4, -0.2) is 36.0 Å². The van der Waals surface area contributed by atoms with Crippen LogP contribution in [0, 0.1) is 0 Å². The number of nitrogens with zero attached hydrogens (tertiary/aromatic N) is 2. The maximum atomic E-state index is 12.8. The maximum Gasteiger partial charge on any atom is 0.419 e. The first-order valence-electron chi connectivity index (χ1n) is 8.58. The molecule has 2 aromatic heterocycles. The second-order valence-electron chi connectivity index (χ2n) is 6.60. The molecule has 0 saturated heterocycles. The number of carbonyl (C=O) groups is 1. The number of amides is 1. The Balaban J connectivity index is 1.66. The van der Waals surface area contributed by atoms with Gasteiger partial charge in [-0.1, -0.05) is 12.1 Å². The summed E-state index contributed by atoms with van der Waals surface area (Å²) >= 11 is 1.54. The molecule has 4 rings (SSSR count). The second-order valence-corrected chi connectivity index (χ2v) is 7.52. The van der Waals surface area contributed by atoms with Crippen molar-refractivity contribution < 1.29 is 9.21 Å². The summed E-state index contributed by atoms with van der Waals surface area (Å²) in [6.45, 7) is 1.23. The van der Waals surface area contributed by atoms with Crippen LogP contribution in [0.4, 0.5) is 5.69 Å². The molecular weight excluding hydrogens is 362 g/mol. The van der Waals surface area contributed by atoms with Crippen molar-refractivity contribution in [2.75, 3.05) is 26.0 Å². The third kappa shape index (κ3) is 3.39. The highest BCUT2D eigenvalue weighted by Gasteiger charge is 2.14. The molecule has 0 atom stereocenters. The molecule has 1 amide bonds. The van der Waals surface area contributed by atoms with Gasteiger partial charge in [0.1, 0.15) is 0 Å². The van der Waals surface area contributed by atoms with Crippen LogP contribution in [0.25, 0.3) is 21.2 Å². The summed E-state index contributed by atoms with van der Waals surface area (Å²) < 4.78 is 7.85. The maximum absolute atomic E-state index is 12.8. The highest BCUT2D eigenvalue weighted by atomic mass is 32.1. The molecule has 6 nitrogen and oxygen atoms in total. The van der Waals surface area contributed by atoms with Gasteiger partial charge in [0.2, 0.25) is 0 Å². The SMILES string of the molecule is CN(C)CCn1c(=O)oc2ccc(NC(=O)c3cccc4ccsc34)cc21. The molecule has 0 aliphatic heterocycles. The molecule has 27 heavy (non-hydrogen) atoms. The zero-order valence-electron chi connectivity index (χ0n) is 15.1. The van der Waals surface area contributed by atoms with Gasteiger partial charge in [0, 0.05) is 23.5 Å². The van der Waals surface area contributed by atoms with Crippen LogP contribution in [0.1, 0.15) is 10.4 Å². The molecule has 2 heterocycles. The highest BCUT2D eigenvalue weighted by Crippen LogP contribution is 2.26. The second kappa shape index (κ2) is 7.02. The smallest absolute Gasteiger partial charge is 0.408 e. The number of aromatic nitrogens is 1. The summed E-state index contributed by atoms with van der Waals surface area (Å²) in [6.07, 6.45) is 0. The van der Waals surface area contributed by atoms with Gasteiger partial charge in [-0.05, 0) is 55.2 Å². The molecule has 1 N–H and O–H groups in total. The number of benzene rings is 2. The van der Waals surface area contributed by atoms with E-state index in [9.17, 15) is 9.59 Å². The number of hydrogen-bond acceptors (Lipinski definition) is 5. The predicted octanol–water partition coefficient (Wildman–Crippen LogP) is 3.62. The Labute approximate surface area is 159 Å². The minimum absolute atomic E-state index is 0.173. The van der Waals surface area contributed by atoms with E-state index in [1.54, 1.807) is 34.1 Å². The average molecular weight is 381 g/mol. The summed E-state index contributed by atoms with van der Waals surface area (Å²) in [5, 5.41) is 5.96. The summed E-state index contributed by atoms with van der Waals surface area (Å²) in [5.41, 5.74) is 2.45. The van der Waals surface area contributed by atoms with E-state index in [1.807, 2.05) is 48.6 Å². The van der Waals surface area contributed by atoms with Gasteiger partial charge in [-0.25, -0.2) is 4.79 Å². The van der Waals surface area contributed by atoms with Gasteiger partial charge >= 0.3 is 5.76 Å². The fourth-order valence-electron chi connectivity index (χ4n) is 3.02. The Bertz CT molecular complexity index is 1190. The molecule has 0 aliphatic rings. The molecular formula is C20H19N3O3S. The van der Waals surface area contributed by atoms with Crippen molar-refractivity contribution in [2.45, 2.75) is 6.54 Å². The lowest BCUT2D eigenvalue weighted by Gasteiger charge is -2.10. The van der Waals surface area contributed by atoms with Gasteiger partial charge in [0.25, 0.3) is 5.91 Å². The molecule has 7 heteroatoms. The normalized spacial score (nSPS) is 11.5. The fraction of sp³-hybridized carbons (Fsp3) is 0.200. The van der Waals surface area contributed by atoms with E-state index in [1.165, 1.54) is 0 Å². The van der Waals surface area contributed by atoms with Crippen molar-refractivity contribution >= 4 is 44.1 Å². The van der Waals surface area contributed by atoms with Gasteiger partial charge in [0.15, 0.2) is 5.58 Å². The van der Waals surface area contributed by atoms with E-state index in [4.69, 9.17) is 4.42 Å². The standard InChI is InChI=1S/C20H19N3O3S/c1-22(2)9-10-23-16-12-14(6-7-17(16)26-20(23)25)21-19(24)15-5-3-4-13-8-11-27-18(13)15/h3-8,11-12H,9-10H2,1-2H3,(H,21,24). The van der Waals surface area contributed by atoms with Crippen LogP contribution >= 0.6 is 11.3 Å². The molecule has 0 fully saturated rings. The number of thiophene rings is 1. The van der Waals surface area contributed by atoms with E-state index < -0.39 is 5.76 Å². The van der Waals surface area contributed by atoms with Crippen LogP contribution in [0.15, 0.2) is 57.1 Å². The fourth-order valence-corrected chi connectivity index (χ4v) is 3.93. The molecule has 0 aliphatic carbocycles. The Kier molecular flexibility index (Phi) is 4.55. The number of anilines is 1. The van der Waals surface area contributed by atoms with Gasteiger partial charge < -0.3 is 14.6 Å². The lowest BCUT2D eigenvalue weighted by Crippen LogP contribution is -2.23. The topological polar surface area (TPSA) is 67.5 Å². The summed E-state index contributed by atoms with van der Waals surface area (Å²) in [5.74, 6) is -0.563. The molecule has 4 aromatic rings. The number of oxazole rings is 1. The first kappa shape index (κ1) is 17.5. The monoisotopic (exact) mass is 381 g/mol. The van der Waals surface area contributed by atoms with Crippen molar-refractivity contribution in [3.63, 3.8) is 0 Å². The zero-order chi connectivity index (χ0) is 19.0. The number of carbonyl (C=O) groups excluding carboxylic acids is 1. The van der Waals surface area contributed by atoms with Crippen LogP contribution in [0.5, 0.6) is 0 Å². The quantitative estimate of drug-likeness (QED) is 0.573. The Hall–Kier alpha value is -2.90. The molecule has 0 saturated carbocycles. The third-order valence-electron chi connectivity index (χ3n) is 4.42. The van der Waals surface area contributed by atoms with Gasteiger partial charge in [-0.15, -0.1) is 11.3 Å². The van der Waals surface area contributed by atoms with Gasteiger partial charge in [0.05, 0.1) is 11.1 Å².